The molecule has 0 saturated heterocycles. The van der Waals surface area contributed by atoms with Gasteiger partial charge in [-0.05, 0) is 13.0 Å². The van der Waals surface area contributed by atoms with E-state index in [1.54, 1.807) is 4.68 Å². The lowest BCUT2D eigenvalue weighted by Gasteiger charge is -2.04. The van der Waals surface area contributed by atoms with E-state index in [9.17, 15) is 0 Å². The van der Waals surface area contributed by atoms with Crippen LogP contribution in [0.4, 0.5) is 5.88 Å². The Morgan fingerprint density at radius 3 is 2.65 bits per heavy atom. The molecule has 6 heteroatoms. The fourth-order valence-electron chi connectivity index (χ4n) is 2.24. The Kier molecular flexibility index (Phi) is 3.10. The standard InChI is InChI=1S/C14H13BrN4O/c1-8-10(7-19(2)17-8)13-12(14(16)20-18-13)9-5-3-4-6-11(9)15/h3-7H,16H2,1-2H3. The van der Waals surface area contributed by atoms with Gasteiger partial charge in [-0.15, -0.1) is 0 Å². The van der Waals surface area contributed by atoms with Gasteiger partial charge in [0.2, 0.25) is 5.88 Å². The smallest absolute Gasteiger partial charge is 0.230 e. The minimum atomic E-state index is 0.301. The van der Waals surface area contributed by atoms with E-state index in [4.69, 9.17) is 10.3 Å². The van der Waals surface area contributed by atoms with Crippen molar-refractivity contribution in [3.8, 4) is 22.4 Å². The van der Waals surface area contributed by atoms with Crippen molar-refractivity contribution in [3.63, 3.8) is 0 Å². The summed E-state index contributed by atoms with van der Waals surface area (Å²) in [6.45, 7) is 1.93. The van der Waals surface area contributed by atoms with Crippen LogP contribution in [0.1, 0.15) is 5.69 Å². The number of nitrogens with zero attached hydrogens (tertiary/aromatic N) is 3. The lowest BCUT2D eigenvalue weighted by Crippen LogP contribution is -1.89. The molecule has 0 aliphatic rings. The van der Waals surface area contributed by atoms with Crippen molar-refractivity contribution in [2.24, 2.45) is 7.05 Å². The summed E-state index contributed by atoms with van der Waals surface area (Å²) < 4.78 is 7.89. The van der Waals surface area contributed by atoms with Gasteiger partial charge < -0.3 is 10.3 Å². The van der Waals surface area contributed by atoms with Gasteiger partial charge in [-0.3, -0.25) is 4.68 Å². The Morgan fingerprint density at radius 1 is 1.25 bits per heavy atom. The molecule has 1 aromatic carbocycles. The average molecular weight is 333 g/mol. The van der Waals surface area contributed by atoms with Crippen LogP contribution in [0.15, 0.2) is 39.5 Å². The molecular formula is C14H13BrN4O. The quantitative estimate of drug-likeness (QED) is 0.780. The summed E-state index contributed by atoms with van der Waals surface area (Å²) in [6, 6.07) is 7.84. The first-order valence-electron chi connectivity index (χ1n) is 6.08. The molecule has 0 spiro atoms. The van der Waals surface area contributed by atoms with Crippen LogP contribution in [-0.4, -0.2) is 14.9 Å². The highest BCUT2D eigenvalue weighted by Crippen LogP contribution is 2.40. The number of halogens is 1. The van der Waals surface area contributed by atoms with E-state index in [2.05, 4.69) is 26.2 Å². The molecule has 0 amide bonds. The Bertz CT molecular complexity index is 775. The van der Waals surface area contributed by atoms with E-state index in [1.807, 2.05) is 44.4 Å². The number of rotatable bonds is 2. The van der Waals surface area contributed by atoms with E-state index in [0.717, 1.165) is 26.9 Å². The molecule has 3 rings (SSSR count). The number of aryl methyl sites for hydroxylation is 2. The molecule has 0 unspecified atom stereocenters. The van der Waals surface area contributed by atoms with Crippen LogP contribution in [0, 0.1) is 6.92 Å². The Hall–Kier alpha value is -2.08. The van der Waals surface area contributed by atoms with Crippen molar-refractivity contribution >= 4 is 21.8 Å². The van der Waals surface area contributed by atoms with E-state index in [0.29, 0.717) is 11.6 Å². The van der Waals surface area contributed by atoms with Gasteiger partial charge in [0, 0.05) is 28.8 Å². The molecule has 0 aliphatic carbocycles. The number of hydrogen-bond donors (Lipinski definition) is 1. The largest absolute Gasteiger partial charge is 0.367 e. The lowest BCUT2D eigenvalue weighted by molar-refractivity contribution is 0.439. The number of nitrogens with two attached hydrogens (primary N) is 1. The maximum Gasteiger partial charge on any atom is 0.230 e. The summed E-state index contributed by atoms with van der Waals surface area (Å²) in [5.74, 6) is 0.301. The zero-order valence-corrected chi connectivity index (χ0v) is 12.7. The van der Waals surface area contributed by atoms with Gasteiger partial charge in [0.1, 0.15) is 5.69 Å². The van der Waals surface area contributed by atoms with Crippen molar-refractivity contribution < 1.29 is 4.52 Å². The molecule has 0 bridgehead atoms. The van der Waals surface area contributed by atoms with E-state index < -0.39 is 0 Å². The number of aromatic nitrogens is 3. The molecule has 2 aromatic heterocycles. The number of nitrogen functional groups attached to an aromatic ring is 1. The van der Waals surface area contributed by atoms with Gasteiger partial charge in [-0.1, -0.05) is 39.3 Å². The molecule has 2 N–H and O–H groups in total. The van der Waals surface area contributed by atoms with Crippen molar-refractivity contribution in [3.05, 3.63) is 40.6 Å². The molecule has 3 aromatic rings. The Labute approximate surface area is 124 Å². The fraction of sp³-hybridized carbons (Fsp3) is 0.143. The van der Waals surface area contributed by atoms with Crippen LogP contribution >= 0.6 is 15.9 Å². The van der Waals surface area contributed by atoms with Crippen molar-refractivity contribution in [1.82, 2.24) is 14.9 Å². The summed E-state index contributed by atoms with van der Waals surface area (Å²) in [6.07, 6.45) is 1.91. The molecule has 20 heavy (non-hydrogen) atoms. The molecule has 5 nitrogen and oxygen atoms in total. The molecule has 102 valence electrons. The molecule has 0 atom stereocenters. The van der Waals surface area contributed by atoms with E-state index >= 15 is 0 Å². The normalized spacial score (nSPS) is 10.9. The summed E-state index contributed by atoms with van der Waals surface area (Å²) in [5, 5.41) is 8.44. The van der Waals surface area contributed by atoms with E-state index in [1.165, 1.54) is 0 Å². The van der Waals surface area contributed by atoms with Gasteiger partial charge >= 0.3 is 0 Å². The molecule has 2 heterocycles. The SMILES string of the molecule is Cc1nn(C)cc1-c1noc(N)c1-c1ccccc1Br. The van der Waals surface area contributed by atoms with Crippen molar-refractivity contribution in [2.75, 3.05) is 5.73 Å². The highest BCUT2D eigenvalue weighted by Gasteiger charge is 2.21. The second-order valence-electron chi connectivity index (χ2n) is 4.55. The summed E-state index contributed by atoms with van der Waals surface area (Å²) in [7, 11) is 1.87. The van der Waals surface area contributed by atoms with Gasteiger partial charge in [0.15, 0.2) is 0 Å². The summed E-state index contributed by atoms with van der Waals surface area (Å²) in [4.78, 5) is 0. The molecule has 0 aliphatic heterocycles. The van der Waals surface area contributed by atoms with Crippen LogP contribution in [0.3, 0.4) is 0 Å². The molecule has 0 radical (unpaired) electrons. The minimum absolute atomic E-state index is 0.301. The fourth-order valence-corrected chi connectivity index (χ4v) is 2.73. The number of benzene rings is 1. The second-order valence-corrected chi connectivity index (χ2v) is 5.41. The first kappa shape index (κ1) is 12.9. The van der Waals surface area contributed by atoms with Crippen molar-refractivity contribution in [1.29, 1.82) is 0 Å². The van der Waals surface area contributed by atoms with Gasteiger partial charge in [0.05, 0.1) is 11.3 Å². The van der Waals surface area contributed by atoms with Crippen LogP contribution in [-0.2, 0) is 7.05 Å². The summed E-state index contributed by atoms with van der Waals surface area (Å²) in [5.41, 5.74) is 10.2. The monoisotopic (exact) mass is 332 g/mol. The van der Waals surface area contributed by atoms with E-state index in [-0.39, 0.29) is 0 Å². The predicted molar refractivity (Wildman–Crippen MR) is 81.0 cm³/mol. The first-order chi connectivity index (χ1) is 9.58. The second kappa shape index (κ2) is 4.79. The lowest BCUT2D eigenvalue weighted by atomic mass is 10.0. The van der Waals surface area contributed by atoms with Gasteiger partial charge in [-0.2, -0.15) is 5.10 Å². The van der Waals surface area contributed by atoms with Crippen LogP contribution in [0.25, 0.3) is 22.4 Å². The Balaban J connectivity index is 2.26. The molecular weight excluding hydrogens is 320 g/mol. The topological polar surface area (TPSA) is 69.9 Å². The molecule has 0 saturated carbocycles. The van der Waals surface area contributed by atoms with Crippen LogP contribution in [0.5, 0.6) is 0 Å². The third-order valence-electron chi connectivity index (χ3n) is 3.13. The van der Waals surface area contributed by atoms with Gasteiger partial charge in [-0.25, -0.2) is 0 Å². The summed E-state index contributed by atoms with van der Waals surface area (Å²) >= 11 is 3.54. The molecule has 0 fully saturated rings. The minimum Gasteiger partial charge on any atom is -0.367 e. The van der Waals surface area contributed by atoms with Crippen LogP contribution in [0.2, 0.25) is 0 Å². The third kappa shape index (κ3) is 2.02. The zero-order chi connectivity index (χ0) is 14.3. The highest BCUT2D eigenvalue weighted by atomic mass is 79.9. The number of anilines is 1. The predicted octanol–water partition coefficient (Wildman–Crippen LogP) is 3.40. The average Bonchev–Trinajstić information content (AvgIpc) is 2.93. The first-order valence-corrected chi connectivity index (χ1v) is 6.88. The maximum atomic E-state index is 5.96. The van der Waals surface area contributed by atoms with Crippen molar-refractivity contribution in [2.45, 2.75) is 6.92 Å². The van der Waals surface area contributed by atoms with Crippen LogP contribution < -0.4 is 5.73 Å². The number of hydrogen-bond acceptors (Lipinski definition) is 4. The maximum absolute atomic E-state index is 5.96. The zero-order valence-electron chi connectivity index (χ0n) is 11.1. The third-order valence-corrected chi connectivity index (χ3v) is 3.82. The highest BCUT2D eigenvalue weighted by molar-refractivity contribution is 9.10. The Morgan fingerprint density at radius 2 is 2.00 bits per heavy atom. The van der Waals surface area contributed by atoms with Gasteiger partial charge in [0.25, 0.3) is 0 Å².